The number of methoxy groups -OCH3 is 1. The minimum Gasteiger partial charge on any atom is -0.494 e. The second-order valence-electron chi connectivity index (χ2n) is 12.5. The van der Waals surface area contributed by atoms with E-state index in [1.807, 2.05) is 54.4 Å². The fourth-order valence-electron chi connectivity index (χ4n) is 7.26. The summed E-state index contributed by atoms with van der Waals surface area (Å²) in [6.45, 7) is 1.62. The Morgan fingerprint density at radius 2 is 1.86 bits per heavy atom. The zero-order valence-corrected chi connectivity index (χ0v) is 24.5. The van der Waals surface area contributed by atoms with Crippen LogP contribution in [0, 0.1) is 11.8 Å². The third-order valence-electron chi connectivity index (χ3n) is 9.86. The van der Waals surface area contributed by atoms with Crippen LogP contribution in [0.4, 0.5) is 0 Å². The molecule has 9 nitrogen and oxygen atoms in total. The molecule has 1 aliphatic heterocycles. The molecule has 3 aliphatic rings. The van der Waals surface area contributed by atoms with Crippen molar-refractivity contribution in [1.82, 2.24) is 24.0 Å². The van der Waals surface area contributed by atoms with Crippen molar-refractivity contribution in [1.29, 1.82) is 0 Å². The van der Waals surface area contributed by atoms with Gasteiger partial charge in [-0.25, -0.2) is 9.97 Å². The van der Waals surface area contributed by atoms with Crippen molar-refractivity contribution < 1.29 is 14.6 Å². The zero-order valence-electron chi connectivity index (χ0n) is 24.5. The fourth-order valence-corrected chi connectivity index (χ4v) is 7.26. The van der Waals surface area contributed by atoms with E-state index in [0.29, 0.717) is 23.1 Å². The van der Waals surface area contributed by atoms with Crippen molar-refractivity contribution in [3.05, 3.63) is 65.7 Å². The molecule has 1 amide bonds. The number of fused-ring (bicyclic) bond motifs is 4. The first-order valence-corrected chi connectivity index (χ1v) is 15.3. The standard InChI is InChI=1S/C34H36N6O3/c1-38-31-26(13-24(15-29(31)43-2)34(42)40-17-23-10-12-27(40)30(23)35)37-33(38)28-14-22-9-11-25(21-7-5-20(18-41)6-8-21)36-32(22)39(28)16-19-3-4-19/h5-9,11,13-15,19,23,27,30,41H,3-4,10,12,16-18,35H2,1-2H3/t23-,27-,30-/m1/s1. The first-order chi connectivity index (χ1) is 20.9. The van der Waals surface area contributed by atoms with Gasteiger partial charge in [-0.15, -0.1) is 0 Å². The second kappa shape index (κ2) is 9.92. The molecule has 43 heavy (non-hydrogen) atoms. The van der Waals surface area contributed by atoms with E-state index in [1.54, 1.807) is 7.11 Å². The number of likely N-dealkylation sites (tertiary alicyclic amines) is 1. The van der Waals surface area contributed by atoms with E-state index in [-0.39, 0.29) is 24.6 Å². The van der Waals surface area contributed by atoms with Gasteiger partial charge >= 0.3 is 0 Å². The zero-order chi connectivity index (χ0) is 29.4. The minimum atomic E-state index is 0.00153. The van der Waals surface area contributed by atoms with Gasteiger partial charge in [0.05, 0.1) is 30.6 Å². The topological polar surface area (TPSA) is 111 Å². The van der Waals surface area contributed by atoms with Crippen LogP contribution in [0.25, 0.3) is 44.8 Å². The van der Waals surface area contributed by atoms with Crippen LogP contribution in [0.3, 0.4) is 0 Å². The van der Waals surface area contributed by atoms with Crippen LogP contribution in [0.5, 0.6) is 5.75 Å². The van der Waals surface area contributed by atoms with Gasteiger partial charge in [0.25, 0.3) is 5.91 Å². The second-order valence-corrected chi connectivity index (χ2v) is 12.5. The smallest absolute Gasteiger partial charge is 0.254 e. The quantitative estimate of drug-likeness (QED) is 0.290. The highest BCUT2D eigenvalue weighted by atomic mass is 16.5. The summed E-state index contributed by atoms with van der Waals surface area (Å²) in [5.74, 6) is 2.46. The minimum absolute atomic E-state index is 0.00153. The summed E-state index contributed by atoms with van der Waals surface area (Å²) in [6.07, 6.45) is 4.50. The molecule has 2 saturated carbocycles. The number of rotatable bonds is 7. The van der Waals surface area contributed by atoms with Gasteiger partial charge in [0.15, 0.2) is 5.82 Å². The molecular formula is C34H36N6O3. The number of carbonyl (C=O) groups excluding carboxylic acids is 1. The molecule has 2 bridgehead atoms. The maximum absolute atomic E-state index is 13.7. The van der Waals surface area contributed by atoms with Crippen molar-refractivity contribution in [2.75, 3.05) is 13.7 Å². The number of aryl methyl sites for hydroxylation is 1. The average Bonchev–Trinajstić information content (AvgIpc) is 3.44. The summed E-state index contributed by atoms with van der Waals surface area (Å²) in [4.78, 5) is 25.9. The lowest BCUT2D eigenvalue weighted by molar-refractivity contribution is 0.0700. The van der Waals surface area contributed by atoms with Crippen LogP contribution in [0.2, 0.25) is 0 Å². The Labute approximate surface area is 249 Å². The fraction of sp³-hybridized carbons (Fsp3) is 0.382. The number of amides is 1. The summed E-state index contributed by atoms with van der Waals surface area (Å²) in [6, 6.07) is 18.2. The Morgan fingerprint density at radius 1 is 1.05 bits per heavy atom. The number of hydrogen-bond donors (Lipinski definition) is 2. The summed E-state index contributed by atoms with van der Waals surface area (Å²) < 4.78 is 10.2. The number of pyridine rings is 1. The number of ether oxygens (including phenoxy) is 1. The molecule has 2 aliphatic carbocycles. The normalized spacial score (nSPS) is 21.4. The molecule has 3 N–H and O–H groups in total. The molecular weight excluding hydrogens is 540 g/mol. The Hall–Kier alpha value is -4.21. The molecule has 4 heterocycles. The average molecular weight is 577 g/mol. The monoisotopic (exact) mass is 576 g/mol. The number of carbonyl (C=O) groups is 1. The van der Waals surface area contributed by atoms with Crippen LogP contribution < -0.4 is 10.5 Å². The van der Waals surface area contributed by atoms with Crippen molar-refractivity contribution in [3.63, 3.8) is 0 Å². The molecule has 2 aromatic carbocycles. The van der Waals surface area contributed by atoms with Gasteiger partial charge < -0.3 is 29.6 Å². The van der Waals surface area contributed by atoms with Crippen molar-refractivity contribution in [2.45, 2.75) is 50.9 Å². The molecule has 0 unspecified atom stereocenters. The molecule has 1 saturated heterocycles. The molecule has 5 aromatic rings. The Kier molecular flexibility index (Phi) is 6.10. The lowest BCUT2D eigenvalue weighted by Gasteiger charge is -2.27. The van der Waals surface area contributed by atoms with Gasteiger partial charge in [0.1, 0.15) is 16.9 Å². The third kappa shape index (κ3) is 4.24. The molecule has 0 spiro atoms. The molecule has 220 valence electrons. The number of nitrogens with two attached hydrogens (primary N) is 1. The molecule has 8 rings (SSSR count). The van der Waals surface area contributed by atoms with E-state index < -0.39 is 0 Å². The number of benzene rings is 2. The number of hydrogen-bond acceptors (Lipinski definition) is 6. The number of aliphatic hydroxyl groups is 1. The van der Waals surface area contributed by atoms with E-state index in [1.165, 1.54) is 12.8 Å². The lowest BCUT2D eigenvalue weighted by atomic mass is 10.1. The molecule has 3 atom stereocenters. The molecule has 0 radical (unpaired) electrons. The highest BCUT2D eigenvalue weighted by Crippen LogP contribution is 2.40. The molecule has 3 aromatic heterocycles. The van der Waals surface area contributed by atoms with Crippen molar-refractivity contribution in [2.24, 2.45) is 24.6 Å². The number of nitrogens with zero attached hydrogens (tertiary/aromatic N) is 5. The van der Waals surface area contributed by atoms with Crippen molar-refractivity contribution >= 4 is 28.0 Å². The van der Waals surface area contributed by atoms with Crippen LogP contribution in [-0.4, -0.2) is 60.8 Å². The number of aromatic nitrogens is 4. The van der Waals surface area contributed by atoms with Crippen LogP contribution in [-0.2, 0) is 20.2 Å². The van der Waals surface area contributed by atoms with Gasteiger partial charge in [0, 0.05) is 48.7 Å². The van der Waals surface area contributed by atoms with Crippen LogP contribution in [0.1, 0.15) is 41.6 Å². The maximum Gasteiger partial charge on any atom is 0.254 e. The molecule has 3 fully saturated rings. The van der Waals surface area contributed by atoms with E-state index in [2.05, 4.69) is 21.3 Å². The summed E-state index contributed by atoms with van der Waals surface area (Å²) in [7, 11) is 3.65. The first kappa shape index (κ1) is 26.4. The summed E-state index contributed by atoms with van der Waals surface area (Å²) >= 11 is 0. The van der Waals surface area contributed by atoms with Gasteiger partial charge in [-0.05, 0) is 73.4 Å². The Morgan fingerprint density at radius 3 is 2.53 bits per heavy atom. The number of aliphatic hydroxyl groups excluding tert-OH is 1. The van der Waals surface area contributed by atoms with Gasteiger partial charge in [-0.3, -0.25) is 4.79 Å². The van der Waals surface area contributed by atoms with E-state index in [9.17, 15) is 9.90 Å². The first-order valence-electron chi connectivity index (χ1n) is 15.3. The Balaban J connectivity index is 1.23. The summed E-state index contributed by atoms with van der Waals surface area (Å²) in [5, 5.41) is 10.5. The van der Waals surface area contributed by atoms with E-state index in [0.717, 1.165) is 76.3 Å². The van der Waals surface area contributed by atoms with Crippen LogP contribution in [0.15, 0.2) is 54.6 Å². The number of imidazole rings is 1. The Bertz CT molecular complexity index is 1890. The highest BCUT2D eigenvalue weighted by Gasteiger charge is 2.47. The van der Waals surface area contributed by atoms with Crippen molar-refractivity contribution in [3.8, 4) is 28.5 Å². The van der Waals surface area contributed by atoms with Gasteiger partial charge in [-0.1, -0.05) is 24.3 Å². The number of piperidine rings is 1. The van der Waals surface area contributed by atoms with Gasteiger partial charge in [-0.2, -0.15) is 0 Å². The predicted molar refractivity (Wildman–Crippen MR) is 166 cm³/mol. The highest BCUT2D eigenvalue weighted by molar-refractivity contribution is 6.00. The molecule has 9 heteroatoms. The van der Waals surface area contributed by atoms with E-state index >= 15 is 0 Å². The third-order valence-corrected chi connectivity index (χ3v) is 9.86. The summed E-state index contributed by atoms with van der Waals surface area (Å²) in [5.41, 5.74) is 13.3. The predicted octanol–water partition coefficient (Wildman–Crippen LogP) is 4.73. The lowest BCUT2D eigenvalue weighted by Crippen LogP contribution is -2.41. The van der Waals surface area contributed by atoms with Gasteiger partial charge in [0.2, 0.25) is 0 Å². The maximum atomic E-state index is 13.7. The largest absolute Gasteiger partial charge is 0.494 e. The SMILES string of the molecule is COc1cc(C(=O)N2C[C@H]3CC[C@@H]2[C@@H]3N)cc2nc(-c3cc4ccc(-c5ccc(CO)cc5)nc4n3CC3CC3)n(C)c12. The van der Waals surface area contributed by atoms with E-state index in [4.69, 9.17) is 20.4 Å². The van der Waals surface area contributed by atoms with Crippen LogP contribution >= 0.6 is 0 Å².